The van der Waals surface area contributed by atoms with Gasteiger partial charge in [-0.15, -0.1) is 0 Å². The summed E-state index contributed by atoms with van der Waals surface area (Å²) in [5, 5.41) is 9.93. The van der Waals surface area contributed by atoms with Crippen LogP contribution in [-0.2, 0) is 0 Å². The fourth-order valence-electron chi connectivity index (χ4n) is 2.18. The van der Waals surface area contributed by atoms with Gasteiger partial charge in [-0.3, -0.25) is 0 Å². The molecule has 0 aliphatic heterocycles. The molecule has 0 bridgehead atoms. The van der Waals surface area contributed by atoms with E-state index in [-0.39, 0.29) is 0 Å². The van der Waals surface area contributed by atoms with Gasteiger partial charge in [0.1, 0.15) is 5.75 Å². The Bertz CT molecular complexity index is 364. The Labute approximate surface area is 110 Å². The van der Waals surface area contributed by atoms with Crippen LogP contribution in [0.5, 0.6) is 5.75 Å². The second-order valence-corrected chi connectivity index (χ2v) is 4.70. The number of ether oxygens (including phenoxy) is 1. The fraction of sp³-hybridized carbons (Fsp3) is 0.600. The van der Waals surface area contributed by atoms with Crippen molar-refractivity contribution in [3.63, 3.8) is 0 Å². The molecule has 1 N–H and O–H groups in total. The predicted octanol–water partition coefficient (Wildman–Crippen LogP) is 3.37. The molecule has 0 fully saturated rings. The first-order chi connectivity index (χ1) is 8.61. The van der Waals surface area contributed by atoms with E-state index in [1.807, 2.05) is 18.2 Å². The molecular formula is C15H25NO2. The first-order valence-electron chi connectivity index (χ1n) is 6.67. The van der Waals surface area contributed by atoms with Gasteiger partial charge in [0.05, 0.1) is 13.2 Å². The van der Waals surface area contributed by atoms with E-state index in [4.69, 9.17) is 4.74 Å². The van der Waals surface area contributed by atoms with Crippen LogP contribution in [0.15, 0.2) is 18.2 Å². The third-order valence-electron chi connectivity index (χ3n) is 3.19. The van der Waals surface area contributed by atoms with E-state index >= 15 is 0 Å². The summed E-state index contributed by atoms with van der Waals surface area (Å²) in [7, 11) is 3.71. The molecule has 0 saturated heterocycles. The lowest BCUT2D eigenvalue weighted by Crippen LogP contribution is -2.20. The average Bonchev–Trinajstić information content (AvgIpc) is 2.37. The van der Waals surface area contributed by atoms with E-state index in [2.05, 4.69) is 18.9 Å². The predicted molar refractivity (Wildman–Crippen MR) is 76.4 cm³/mol. The van der Waals surface area contributed by atoms with Crippen molar-refractivity contribution in [2.75, 3.05) is 25.6 Å². The van der Waals surface area contributed by atoms with Crippen LogP contribution >= 0.6 is 0 Å². The summed E-state index contributed by atoms with van der Waals surface area (Å²) in [5.41, 5.74) is 1.93. The van der Waals surface area contributed by atoms with Gasteiger partial charge in [-0.25, -0.2) is 0 Å². The lowest BCUT2D eigenvalue weighted by atomic mass is 10.1. The first-order valence-corrected chi connectivity index (χ1v) is 6.67. The van der Waals surface area contributed by atoms with Crippen molar-refractivity contribution in [2.24, 2.45) is 0 Å². The van der Waals surface area contributed by atoms with Crippen LogP contribution in [0, 0.1) is 0 Å². The van der Waals surface area contributed by atoms with Crippen molar-refractivity contribution < 1.29 is 9.84 Å². The van der Waals surface area contributed by atoms with Gasteiger partial charge < -0.3 is 14.7 Å². The summed E-state index contributed by atoms with van der Waals surface area (Å²) >= 11 is 0. The van der Waals surface area contributed by atoms with Crippen LogP contribution < -0.4 is 9.64 Å². The van der Waals surface area contributed by atoms with E-state index < -0.39 is 6.10 Å². The molecular weight excluding hydrogens is 226 g/mol. The van der Waals surface area contributed by atoms with E-state index in [1.54, 1.807) is 14.0 Å². The maximum atomic E-state index is 9.93. The van der Waals surface area contributed by atoms with Crippen molar-refractivity contribution in [1.82, 2.24) is 0 Å². The molecule has 0 heterocycles. The number of benzene rings is 1. The van der Waals surface area contributed by atoms with Gasteiger partial charge in [-0.05, 0) is 25.5 Å². The van der Waals surface area contributed by atoms with Crippen LogP contribution in [-0.4, -0.2) is 25.8 Å². The Balaban J connectivity index is 2.92. The average molecular weight is 251 g/mol. The number of methoxy groups -OCH3 is 1. The standard InChI is InChI=1S/C15H25NO2/c1-5-6-7-11-16(3)13-9-8-10-14(18-4)15(13)12(2)17/h8-10,12,17H,5-7,11H2,1-4H3. The molecule has 3 nitrogen and oxygen atoms in total. The molecule has 0 aromatic heterocycles. The molecule has 3 heteroatoms. The molecule has 1 aromatic rings. The van der Waals surface area contributed by atoms with Gasteiger partial charge >= 0.3 is 0 Å². The maximum Gasteiger partial charge on any atom is 0.126 e. The quantitative estimate of drug-likeness (QED) is 0.754. The van der Waals surface area contributed by atoms with E-state index in [9.17, 15) is 5.11 Å². The summed E-state index contributed by atoms with van der Waals surface area (Å²) in [6.45, 7) is 4.98. The second kappa shape index (κ2) is 7.27. The van der Waals surface area contributed by atoms with Crippen molar-refractivity contribution in [3.8, 4) is 5.75 Å². The highest BCUT2D eigenvalue weighted by molar-refractivity contribution is 5.60. The minimum Gasteiger partial charge on any atom is -0.496 e. The lowest BCUT2D eigenvalue weighted by Gasteiger charge is -2.25. The Morgan fingerprint density at radius 3 is 2.61 bits per heavy atom. The summed E-state index contributed by atoms with van der Waals surface area (Å²) in [4.78, 5) is 2.19. The SMILES string of the molecule is CCCCCN(C)c1cccc(OC)c1C(C)O. The number of anilines is 1. The summed E-state index contributed by atoms with van der Waals surface area (Å²) in [5.74, 6) is 0.754. The molecule has 0 amide bonds. The normalized spacial score (nSPS) is 12.3. The largest absolute Gasteiger partial charge is 0.496 e. The van der Waals surface area contributed by atoms with Gasteiger partial charge in [-0.2, -0.15) is 0 Å². The van der Waals surface area contributed by atoms with E-state index in [0.29, 0.717) is 0 Å². The number of aliphatic hydroxyl groups excluding tert-OH is 1. The minimum absolute atomic E-state index is 0.523. The Morgan fingerprint density at radius 2 is 2.06 bits per heavy atom. The molecule has 0 aliphatic carbocycles. The lowest BCUT2D eigenvalue weighted by molar-refractivity contribution is 0.194. The van der Waals surface area contributed by atoms with E-state index in [0.717, 1.165) is 23.5 Å². The molecule has 1 atom stereocenters. The molecule has 18 heavy (non-hydrogen) atoms. The smallest absolute Gasteiger partial charge is 0.126 e. The van der Waals surface area contributed by atoms with Crippen molar-refractivity contribution in [3.05, 3.63) is 23.8 Å². The Kier molecular flexibility index (Phi) is 5.99. The topological polar surface area (TPSA) is 32.7 Å². The Hall–Kier alpha value is -1.22. The van der Waals surface area contributed by atoms with Crippen LogP contribution in [0.25, 0.3) is 0 Å². The third-order valence-corrected chi connectivity index (χ3v) is 3.19. The summed E-state index contributed by atoms with van der Waals surface area (Å²) < 4.78 is 5.34. The zero-order chi connectivity index (χ0) is 13.5. The number of hydrogen-bond acceptors (Lipinski definition) is 3. The van der Waals surface area contributed by atoms with Crippen molar-refractivity contribution in [1.29, 1.82) is 0 Å². The number of hydrogen-bond donors (Lipinski definition) is 1. The molecule has 0 radical (unpaired) electrons. The highest BCUT2D eigenvalue weighted by Crippen LogP contribution is 2.34. The summed E-state index contributed by atoms with van der Waals surface area (Å²) in [6, 6.07) is 5.90. The van der Waals surface area contributed by atoms with Gasteiger partial charge in [0.2, 0.25) is 0 Å². The van der Waals surface area contributed by atoms with Crippen LogP contribution in [0.2, 0.25) is 0 Å². The highest BCUT2D eigenvalue weighted by Gasteiger charge is 2.16. The van der Waals surface area contributed by atoms with Crippen molar-refractivity contribution in [2.45, 2.75) is 39.2 Å². The summed E-state index contributed by atoms with van der Waals surface area (Å²) in [6.07, 6.45) is 3.10. The van der Waals surface area contributed by atoms with Crippen LogP contribution in [0.4, 0.5) is 5.69 Å². The molecule has 1 rings (SSSR count). The fourth-order valence-corrected chi connectivity index (χ4v) is 2.18. The zero-order valence-electron chi connectivity index (χ0n) is 11.9. The van der Waals surface area contributed by atoms with Crippen LogP contribution in [0.1, 0.15) is 44.8 Å². The number of rotatable bonds is 7. The number of nitrogens with zero attached hydrogens (tertiary/aromatic N) is 1. The van der Waals surface area contributed by atoms with Crippen LogP contribution in [0.3, 0.4) is 0 Å². The molecule has 0 aliphatic rings. The monoisotopic (exact) mass is 251 g/mol. The van der Waals surface area contributed by atoms with E-state index in [1.165, 1.54) is 19.3 Å². The minimum atomic E-state index is -0.523. The first kappa shape index (κ1) is 14.8. The third kappa shape index (κ3) is 3.64. The zero-order valence-corrected chi connectivity index (χ0v) is 11.9. The van der Waals surface area contributed by atoms with Gasteiger partial charge in [-0.1, -0.05) is 25.8 Å². The molecule has 1 unspecified atom stereocenters. The molecule has 102 valence electrons. The second-order valence-electron chi connectivity index (χ2n) is 4.70. The van der Waals surface area contributed by atoms with Gasteiger partial charge in [0.25, 0.3) is 0 Å². The van der Waals surface area contributed by atoms with Gasteiger partial charge in [0.15, 0.2) is 0 Å². The molecule has 0 spiro atoms. The number of aliphatic hydroxyl groups is 1. The van der Waals surface area contributed by atoms with Gasteiger partial charge in [0, 0.05) is 24.8 Å². The molecule has 0 saturated carbocycles. The highest BCUT2D eigenvalue weighted by atomic mass is 16.5. The van der Waals surface area contributed by atoms with Crippen molar-refractivity contribution >= 4 is 5.69 Å². The Morgan fingerprint density at radius 1 is 1.33 bits per heavy atom. The maximum absolute atomic E-state index is 9.93. The number of unbranched alkanes of at least 4 members (excludes halogenated alkanes) is 2. The molecule has 1 aromatic carbocycles.